The van der Waals surface area contributed by atoms with Gasteiger partial charge in [-0.3, -0.25) is 0 Å². The fourth-order valence-electron chi connectivity index (χ4n) is 3.41. The number of aromatic nitrogens is 3. The maximum absolute atomic E-state index is 10.8. The number of aliphatic hydroxyl groups excluding tert-OH is 4. The third kappa shape index (κ3) is 3.01. The second kappa shape index (κ2) is 6.10. The van der Waals surface area contributed by atoms with Crippen LogP contribution in [0.1, 0.15) is 44.3 Å². The molecule has 1 saturated heterocycles. The van der Waals surface area contributed by atoms with Crippen molar-refractivity contribution in [1.82, 2.24) is 15.0 Å². The van der Waals surface area contributed by atoms with E-state index < -0.39 is 42.5 Å². The number of ether oxygens (including phenoxy) is 1. The zero-order valence-corrected chi connectivity index (χ0v) is 13.4. The fourth-order valence-corrected chi connectivity index (χ4v) is 3.41. The molecule has 5 atom stereocenters. The average molecular weight is 327 g/mol. The minimum atomic E-state index is -1.17. The van der Waals surface area contributed by atoms with Crippen LogP contribution in [0.5, 0.6) is 0 Å². The molecule has 1 saturated carbocycles. The highest BCUT2D eigenvalue weighted by molar-refractivity contribution is 5.10. The lowest BCUT2D eigenvalue weighted by Gasteiger charge is -2.35. The van der Waals surface area contributed by atoms with Crippen molar-refractivity contribution in [3.05, 3.63) is 11.9 Å². The summed E-state index contributed by atoms with van der Waals surface area (Å²) in [5.41, 5.74) is -0.0630. The highest BCUT2D eigenvalue weighted by atomic mass is 16.5. The predicted octanol–water partition coefficient (Wildman–Crippen LogP) is -0.803. The van der Waals surface area contributed by atoms with Gasteiger partial charge < -0.3 is 25.2 Å². The Morgan fingerprint density at radius 1 is 1.22 bits per heavy atom. The molecule has 0 bridgehead atoms. The fraction of sp³-hybridized carbons (Fsp3) is 0.867. The van der Waals surface area contributed by atoms with Crippen LogP contribution in [-0.2, 0) is 4.74 Å². The second-order valence-corrected chi connectivity index (χ2v) is 7.10. The van der Waals surface area contributed by atoms with E-state index in [4.69, 9.17) is 4.74 Å². The Hall–Kier alpha value is -1.06. The molecule has 8 heteroatoms. The summed E-state index contributed by atoms with van der Waals surface area (Å²) in [6, 6.07) is -0.842. The maximum Gasteiger partial charge on any atom is 0.109 e. The molecule has 2 heterocycles. The Bertz CT molecular complexity index is 545. The molecule has 8 nitrogen and oxygen atoms in total. The summed E-state index contributed by atoms with van der Waals surface area (Å²) in [7, 11) is 0. The smallest absolute Gasteiger partial charge is 0.109 e. The summed E-state index contributed by atoms with van der Waals surface area (Å²) < 4.78 is 7.21. The van der Waals surface area contributed by atoms with Gasteiger partial charge >= 0.3 is 0 Å². The minimum absolute atomic E-state index is 0.306. The molecular weight excluding hydrogens is 302 g/mol. The standard InChI is InChI=1S/C15H25N3O5/c1-15(2)9(6-19)13(21)12(14(22)11(7-20)23-15)18-5-10(16-17-18)8-3-4-8/h5,8-9,11-14,19-22H,3-4,6-7H2,1-2H3/t9-,11-,12+,13-,14+/m0/s1. The van der Waals surface area contributed by atoms with Crippen LogP contribution in [0, 0.1) is 5.92 Å². The first-order valence-corrected chi connectivity index (χ1v) is 8.06. The van der Waals surface area contributed by atoms with Crippen molar-refractivity contribution in [1.29, 1.82) is 0 Å². The molecule has 1 aliphatic heterocycles. The molecule has 4 N–H and O–H groups in total. The van der Waals surface area contributed by atoms with Gasteiger partial charge in [0, 0.05) is 18.0 Å². The molecule has 0 radical (unpaired) electrons. The van der Waals surface area contributed by atoms with Crippen molar-refractivity contribution in [3.8, 4) is 0 Å². The van der Waals surface area contributed by atoms with E-state index in [-0.39, 0.29) is 6.61 Å². The number of nitrogens with zero attached hydrogens (tertiary/aromatic N) is 3. The SMILES string of the molecule is CC1(C)O[C@@H](CO)[C@@H](O)[C@H](n2cc(C3CC3)nn2)[C@@H](O)[C@@H]1CO. The van der Waals surface area contributed by atoms with Gasteiger partial charge in [0.1, 0.15) is 18.2 Å². The van der Waals surface area contributed by atoms with Crippen molar-refractivity contribution < 1.29 is 25.2 Å². The van der Waals surface area contributed by atoms with E-state index in [1.165, 1.54) is 4.68 Å². The topological polar surface area (TPSA) is 121 Å². The van der Waals surface area contributed by atoms with Crippen LogP contribution in [0.25, 0.3) is 0 Å². The van der Waals surface area contributed by atoms with E-state index in [0.29, 0.717) is 5.92 Å². The summed E-state index contributed by atoms with van der Waals surface area (Å²) in [6.45, 7) is 2.76. The Kier molecular flexibility index (Phi) is 4.45. The molecule has 1 aromatic rings. The lowest BCUT2D eigenvalue weighted by molar-refractivity contribution is -0.151. The van der Waals surface area contributed by atoms with Crippen LogP contribution >= 0.6 is 0 Å². The average Bonchev–Trinajstić information content (AvgIpc) is 3.25. The third-order valence-electron chi connectivity index (χ3n) is 5.05. The zero-order chi connectivity index (χ0) is 16.8. The predicted molar refractivity (Wildman–Crippen MR) is 79.7 cm³/mol. The number of aliphatic hydroxyl groups is 4. The molecule has 3 rings (SSSR count). The van der Waals surface area contributed by atoms with Crippen molar-refractivity contribution in [2.45, 2.75) is 62.6 Å². The molecule has 130 valence electrons. The number of hydrogen-bond acceptors (Lipinski definition) is 7. The number of hydrogen-bond donors (Lipinski definition) is 4. The Morgan fingerprint density at radius 2 is 1.91 bits per heavy atom. The van der Waals surface area contributed by atoms with Gasteiger partial charge in [0.15, 0.2) is 0 Å². The van der Waals surface area contributed by atoms with Crippen molar-refractivity contribution in [2.75, 3.05) is 13.2 Å². The Morgan fingerprint density at radius 3 is 2.48 bits per heavy atom. The van der Waals surface area contributed by atoms with E-state index >= 15 is 0 Å². The van der Waals surface area contributed by atoms with Gasteiger partial charge in [-0.25, -0.2) is 4.68 Å². The summed E-state index contributed by atoms with van der Waals surface area (Å²) in [5, 5.41) is 48.8. The largest absolute Gasteiger partial charge is 0.396 e. The van der Waals surface area contributed by atoms with Gasteiger partial charge in [-0.2, -0.15) is 0 Å². The van der Waals surface area contributed by atoms with Gasteiger partial charge in [-0.1, -0.05) is 5.21 Å². The molecule has 2 aliphatic rings. The molecule has 0 unspecified atom stereocenters. The second-order valence-electron chi connectivity index (χ2n) is 7.10. The highest BCUT2D eigenvalue weighted by Gasteiger charge is 2.50. The molecule has 0 aromatic carbocycles. The van der Waals surface area contributed by atoms with Crippen LogP contribution in [-0.4, -0.2) is 72.5 Å². The number of rotatable bonds is 4. The lowest BCUT2D eigenvalue weighted by atomic mass is 9.83. The van der Waals surface area contributed by atoms with Crippen LogP contribution < -0.4 is 0 Å². The van der Waals surface area contributed by atoms with Crippen LogP contribution in [0.3, 0.4) is 0 Å². The maximum atomic E-state index is 10.8. The van der Waals surface area contributed by atoms with Crippen LogP contribution in [0.15, 0.2) is 6.20 Å². The van der Waals surface area contributed by atoms with E-state index in [2.05, 4.69) is 10.3 Å². The van der Waals surface area contributed by atoms with Gasteiger partial charge in [-0.15, -0.1) is 5.10 Å². The van der Waals surface area contributed by atoms with Crippen molar-refractivity contribution in [3.63, 3.8) is 0 Å². The summed E-state index contributed by atoms with van der Waals surface area (Å²) in [6.07, 6.45) is 0.743. The molecule has 0 spiro atoms. The van der Waals surface area contributed by atoms with Crippen molar-refractivity contribution in [2.24, 2.45) is 5.92 Å². The van der Waals surface area contributed by atoms with Gasteiger partial charge in [0.25, 0.3) is 0 Å². The first-order valence-electron chi connectivity index (χ1n) is 8.06. The summed E-state index contributed by atoms with van der Waals surface area (Å²) in [4.78, 5) is 0. The molecule has 0 amide bonds. The first-order chi connectivity index (χ1) is 10.9. The van der Waals surface area contributed by atoms with Gasteiger partial charge in [0.2, 0.25) is 0 Å². The monoisotopic (exact) mass is 327 g/mol. The summed E-state index contributed by atoms with van der Waals surface area (Å²) >= 11 is 0. The zero-order valence-electron chi connectivity index (χ0n) is 13.4. The highest BCUT2D eigenvalue weighted by Crippen LogP contribution is 2.41. The van der Waals surface area contributed by atoms with E-state index in [0.717, 1.165) is 18.5 Å². The lowest BCUT2D eigenvalue weighted by Crippen LogP contribution is -2.45. The van der Waals surface area contributed by atoms with E-state index in [1.54, 1.807) is 20.0 Å². The first kappa shape index (κ1) is 16.8. The molecule has 1 aromatic heterocycles. The van der Waals surface area contributed by atoms with E-state index in [1.807, 2.05) is 0 Å². The molecular formula is C15H25N3O5. The molecule has 2 fully saturated rings. The molecule has 23 heavy (non-hydrogen) atoms. The van der Waals surface area contributed by atoms with Gasteiger partial charge in [-0.05, 0) is 26.7 Å². The van der Waals surface area contributed by atoms with Crippen LogP contribution in [0.4, 0.5) is 0 Å². The quantitative estimate of drug-likeness (QED) is 0.571. The van der Waals surface area contributed by atoms with Crippen LogP contribution in [0.2, 0.25) is 0 Å². The Labute approximate surface area is 134 Å². The van der Waals surface area contributed by atoms with Crippen molar-refractivity contribution >= 4 is 0 Å². The normalized spacial score (nSPS) is 37.6. The minimum Gasteiger partial charge on any atom is -0.396 e. The van der Waals surface area contributed by atoms with Gasteiger partial charge in [0.05, 0.1) is 30.6 Å². The Balaban J connectivity index is 1.96. The third-order valence-corrected chi connectivity index (χ3v) is 5.05. The molecule has 1 aliphatic carbocycles. The van der Waals surface area contributed by atoms with E-state index in [9.17, 15) is 20.4 Å². The summed E-state index contributed by atoms with van der Waals surface area (Å²) in [5.74, 6) is -0.231.